The van der Waals surface area contributed by atoms with Crippen LogP contribution in [0.5, 0.6) is 0 Å². The summed E-state index contributed by atoms with van der Waals surface area (Å²) in [5.74, 6) is -0.122. The Hall–Kier alpha value is -2.63. The highest BCUT2D eigenvalue weighted by Gasteiger charge is 2.28. The molecule has 0 aliphatic carbocycles. The number of carbonyl (C=O) groups excluding carboxylic acids is 2. The van der Waals surface area contributed by atoms with E-state index < -0.39 is 0 Å². The fourth-order valence-electron chi connectivity index (χ4n) is 3.35. The SMILES string of the molecule is Cc1cc(C)c(NC(=O)C2CCN(C(=O)c3ccoc3)CC2)c(C)n1. The Morgan fingerprint density at radius 1 is 1.24 bits per heavy atom. The quantitative estimate of drug-likeness (QED) is 0.931. The van der Waals surface area contributed by atoms with Crippen molar-refractivity contribution in [2.24, 2.45) is 5.92 Å². The lowest BCUT2D eigenvalue weighted by Crippen LogP contribution is -2.41. The number of nitrogens with one attached hydrogen (secondary N) is 1. The van der Waals surface area contributed by atoms with E-state index in [4.69, 9.17) is 4.42 Å². The van der Waals surface area contributed by atoms with E-state index in [0.29, 0.717) is 31.5 Å². The number of nitrogens with zero attached hydrogens (tertiary/aromatic N) is 2. The van der Waals surface area contributed by atoms with E-state index in [9.17, 15) is 9.59 Å². The molecule has 2 aromatic rings. The Labute approximate surface area is 147 Å². The normalized spacial score (nSPS) is 15.2. The average molecular weight is 341 g/mol. The molecule has 1 fully saturated rings. The maximum absolute atomic E-state index is 12.6. The first kappa shape index (κ1) is 17.2. The smallest absolute Gasteiger partial charge is 0.257 e. The summed E-state index contributed by atoms with van der Waals surface area (Å²) in [5.41, 5.74) is 4.15. The van der Waals surface area contributed by atoms with Gasteiger partial charge in [-0.15, -0.1) is 0 Å². The van der Waals surface area contributed by atoms with Crippen LogP contribution in [0.3, 0.4) is 0 Å². The monoisotopic (exact) mass is 341 g/mol. The molecule has 0 saturated carbocycles. The fourth-order valence-corrected chi connectivity index (χ4v) is 3.35. The van der Waals surface area contributed by atoms with Gasteiger partial charge in [0.2, 0.25) is 5.91 Å². The summed E-state index contributed by atoms with van der Waals surface area (Å²) in [6.07, 6.45) is 4.27. The van der Waals surface area contributed by atoms with E-state index in [0.717, 1.165) is 22.6 Å². The summed E-state index contributed by atoms with van der Waals surface area (Å²) in [7, 11) is 0. The van der Waals surface area contributed by atoms with E-state index in [2.05, 4.69) is 10.3 Å². The minimum Gasteiger partial charge on any atom is -0.472 e. The standard InChI is InChI=1S/C19H23N3O3/c1-12-10-13(2)20-14(3)17(12)21-18(23)15-4-7-22(8-5-15)19(24)16-6-9-25-11-16/h6,9-11,15H,4-5,7-8H2,1-3H3,(H,21,23). The van der Waals surface area contributed by atoms with Gasteiger partial charge in [-0.3, -0.25) is 14.6 Å². The van der Waals surface area contributed by atoms with Crippen LogP contribution in [0.2, 0.25) is 0 Å². The number of likely N-dealkylation sites (tertiary alicyclic amines) is 1. The van der Waals surface area contributed by atoms with Gasteiger partial charge in [0.05, 0.1) is 23.2 Å². The predicted octanol–water partition coefficient (Wildman–Crippen LogP) is 3.09. The van der Waals surface area contributed by atoms with E-state index in [1.807, 2.05) is 26.8 Å². The van der Waals surface area contributed by atoms with Crippen LogP contribution in [-0.2, 0) is 4.79 Å². The Kier molecular flexibility index (Phi) is 4.88. The van der Waals surface area contributed by atoms with Crippen molar-refractivity contribution in [1.29, 1.82) is 0 Å². The molecule has 6 nitrogen and oxygen atoms in total. The summed E-state index contributed by atoms with van der Waals surface area (Å²) in [5, 5.41) is 3.03. The van der Waals surface area contributed by atoms with Crippen LogP contribution in [0.15, 0.2) is 29.1 Å². The van der Waals surface area contributed by atoms with Crippen LogP contribution >= 0.6 is 0 Å². The third-order valence-corrected chi connectivity index (χ3v) is 4.69. The zero-order valence-corrected chi connectivity index (χ0v) is 14.8. The first-order chi connectivity index (χ1) is 12.0. The van der Waals surface area contributed by atoms with E-state index in [1.54, 1.807) is 11.0 Å². The number of pyridine rings is 1. The van der Waals surface area contributed by atoms with Gasteiger partial charge in [0.1, 0.15) is 6.26 Å². The second-order valence-corrected chi connectivity index (χ2v) is 6.61. The van der Waals surface area contributed by atoms with Crippen LogP contribution in [0.25, 0.3) is 0 Å². The summed E-state index contributed by atoms with van der Waals surface area (Å²) in [6.45, 7) is 6.97. The number of carbonyl (C=O) groups is 2. The summed E-state index contributed by atoms with van der Waals surface area (Å²) < 4.78 is 4.97. The van der Waals surface area contributed by atoms with Gasteiger partial charge in [0.25, 0.3) is 5.91 Å². The van der Waals surface area contributed by atoms with Crippen LogP contribution in [-0.4, -0.2) is 34.8 Å². The van der Waals surface area contributed by atoms with Gasteiger partial charge in [0, 0.05) is 24.7 Å². The zero-order valence-electron chi connectivity index (χ0n) is 14.8. The van der Waals surface area contributed by atoms with Gasteiger partial charge >= 0.3 is 0 Å². The van der Waals surface area contributed by atoms with E-state index >= 15 is 0 Å². The number of piperidine rings is 1. The molecule has 2 amide bonds. The number of rotatable bonds is 3. The molecule has 3 heterocycles. The number of anilines is 1. The minimum absolute atomic E-state index is 0.00673. The summed E-state index contributed by atoms with van der Waals surface area (Å²) in [4.78, 5) is 31.1. The third-order valence-electron chi connectivity index (χ3n) is 4.69. The Bertz CT molecular complexity index is 752. The van der Waals surface area contributed by atoms with Crippen LogP contribution in [0, 0.1) is 26.7 Å². The second-order valence-electron chi connectivity index (χ2n) is 6.61. The summed E-state index contributed by atoms with van der Waals surface area (Å²) in [6, 6.07) is 3.63. The Morgan fingerprint density at radius 2 is 1.96 bits per heavy atom. The number of aromatic nitrogens is 1. The molecule has 3 rings (SSSR count). The van der Waals surface area contributed by atoms with Gasteiger partial charge in [0.15, 0.2) is 0 Å². The molecular formula is C19H23N3O3. The molecule has 0 aromatic carbocycles. The highest BCUT2D eigenvalue weighted by Crippen LogP contribution is 2.24. The summed E-state index contributed by atoms with van der Waals surface area (Å²) >= 11 is 0. The first-order valence-corrected chi connectivity index (χ1v) is 8.53. The lowest BCUT2D eigenvalue weighted by molar-refractivity contribution is -0.121. The molecule has 25 heavy (non-hydrogen) atoms. The molecule has 132 valence electrons. The molecule has 0 spiro atoms. The van der Waals surface area contributed by atoms with Crippen molar-refractivity contribution in [2.75, 3.05) is 18.4 Å². The maximum atomic E-state index is 12.6. The molecule has 6 heteroatoms. The number of hydrogen-bond donors (Lipinski definition) is 1. The molecule has 0 radical (unpaired) electrons. The highest BCUT2D eigenvalue weighted by atomic mass is 16.3. The lowest BCUT2D eigenvalue weighted by Gasteiger charge is -2.31. The maximum Gasteiger partial charge on any atom is 0.257 e. The van der Waals surface area contributed by atoms with Crippen LogP contribution in [0.4, 0.5) is 5.69 Å². The second kappa shape index (κ2) is 7.09. The van der Waals surface area contributed by atoms with E-state index in [-0.39, 0.29) is 17.7 Å². The molecule has 0 unspecified atom stereocenters. The number of furan rings is 1. The van der Waals surface area contributed by atoms with Crippen molar-refractivity contribution in [3.05, 3.63) is 47.2 Å². The molecule has 1 aliphatic rings. The van der Waals surface area contributed by atoms with Crippen molar-refractivity contribution < 1.29 is 14.0 Å². The zero-order chi connectivity index (χ0) is 18.0. The van der Waals surface area contributed by atoms with Crippen molar-refractivity contribution in [1.82, 2.24) is 9.88 Å². The van der Waals surface area contributed by atoms with Crippen LogP contribution in [0.1, 0.15) is 40.2 Å². The highest BCUT2D eigenvalue weighted by molar-refractivity contribution is 5.95. The molecule has 0 atom stereocenters. The molecular weight excluding hydrogens is 318 g/mol. The predicted molar refractivity (Wildman–Crippen MR) is 94.4 cm³/mol. The topological polar surface area (TPSA) is 75.4 Å². The van der Waals surface area contributed by atoms with Gasteiger partial charge in [-0.1, -0.05) is 0 Å². The average Bonchev–Trinajstić information content (AvgIpc) is 3.12. The first-order valence-electron chi connectivity index (χ1n) is 8.53. The molecule has 0 bridgehead atoms. The number of aryl methyl sites for hydroxylation is 3. The molecule has 1 saturated heterocycles. The molecule has 1 aliphatic heterocycles. The van der Waals surface area contributed by atoms with Gasteiger partial charge in [-0.25, -0.2) is 0 Å². The van der Waals surface area contributed by atoms with Crippen LogP contribution < -0.4 is 5.32 Å². The Balaban J connectivity index is 1.60. The Morgan fingerprint density at radius 3 is 2.56 bits per heavy atom. The van der Waals surface area contributed by atoms with Crippen molar-refractivity contribution >= 4 is 17.5 Å². The number of hydrogen-bond acceptors (Lipinski definition) is 4. The minimum atomic E-state index is -0.0893. The van der Waals surface area contributed by atoms with Crippen molar-refractivity contribution in [3.63, 3.8) is 0 Å². The number of amides is 2. The molecule has 2 aromatic heterocycles. The van der Waals surface area contributed by atoms with E-state index in [1.165, 1.54) is 12.5 Å². The third kappa shape index (κ3) is 3.73. The van der Waals surface area contributed by atoms with Gasteiger partial charge < -0.3 is 14.6 Å². The van der Waals surface area contributed by atoms with Gasteiger partial charge in [-0.05, 0) is 51.3 Å². The lowest BCUT2D eigenvalue weighted by atomic mass is 9.95. The van der Waals surface area contributed by atoms with Gasteiger partial charge in [-0.2, -0.15) is 0 Å². The molecule has 1 N–H and O–H groups in total. The largest absolute Gasteiger partial charge is 0.472 e. The van der Waals surface area contributed by atoms with Crippen molar-refractivity contribution in [3.8, 4) is 0 Å². The fraction of sp³-hybridized carbons (Fsp3) is 0.421. The van der Waals surface area contributed by atoms with Crippen molar-refractivity contribution in [2.45, 2.75) is 33.6 Å².